The van der Waals surface area contributed by atoms with Crippen LogP contribution in [0.15, 0.2) is 18.5 Å². The number of hydrogen-bond acceptors (Lipinski definition) is 6. The largest absolute Gasteiger partial charge is 0.366 e. The van der Waals surface area contributed by atoms with Gasteiger partial charge in [0.25, 0.3) is 0 Å². The van der Waals surface area contributed by atoms with Crippen molar-refractivity contribution in [1.29, 1.82) is 5.26 Å². The SMILES string of the molecule is N#C[C@@H]1CC[C@@H](C(=O)N2CCN(c3cnc4[nH]cc(C=CC(N)=O)c4n3)CC2)C1. The summed E-state index contributed by atoms with van der Waals surface area (Å²) in [6, 6.07) is 2.29. The predicted molar refractivity (Wildman–Crippen MR) is 107 cm³/mol. The van der Waals surface area contributed by atoms with Crippen molar-refractivity contribution in [2.24, 2.45) is 17.6 Å². The summed E-state index contributed by atoms with van der Waals surface area (Å²) >= 11 is 0. The molecule has 0 aromatic carbocycles. The molecule has 9 heteroatoms. The third-order valence-corrected chi connectivity index (χ3v) is 5.70. The van der Waals surface area contributed by atoms with Gasteiger partial charge in [0.1, 0.15) is 11.3 Å². The first-order chi connectivity index (χ1) is 14.0. The molecule has 29 heavy (non-hydrogen) atoms. The number of nitrogens with two attached hydrogens (primary N) is 1. The maximum absolute atomic E-state index is 12.7. The molecule has 150 valence electrons. The second-order valence-corrected chi connectivity index (χ2v) is 7.55. The molecule has 2 atom stereocenters. The van der Waals surface area contributed by atoms with Gasteiger partial charge in [-0.3, -0.25) is 9.59 Å². The summed E-state index contributed by atoms with van der Waals surface area (Å²) in [5, 5.41) is 9.05. The number of carbonyl (C=O) groups excluding carboxylic acids is 2. The fourth-order valence-corrected chi connectivity index (χ4v) is 4.09. The average Bonchev–Trinajstić information content (AvgIpc) is 3.38. The lowest BCUT2D eigenvalue weighted by molar-refractivity contribution is -0.135. The van der Waals surface area contributed by atoms with Gasteiger partial charge >= 0.3 is 0 Å². The van der Waals surface area contributed by atoms with Gasteiger partial charge in [0.15, 0.2) is 5.65 Å². The van der Waals surface area contributed by atoms with Crippen LogP contribution in [0.3, 0.4) is 0 Å². The van der Waals surface area contributed by atoms with Crippen LogP contribution in [-0.2, 0) is 9.59 Å². The first kappa shape index (κ1) is 18.9. The van der Waals surface area contributed by atoms with Gasteiger partial charge in [0.2, 0.25) is 11.8 Å². The van der Waals surface area contributed by atoms with Crippen molar-refractivity contribution >= 4 is 34.9 Å². The summed E-state index contributed by atoms with van der Waals surface area (Å²) in [5.41, 5.74) is 7.23. The number of fused-ring (bicyclic) bond motifs is 1. The third kappa shape index (κ3) is 3.92. The monoisotopic (exact) mass is 393 g/mol. The van der Waals surface area contributed by atoms with E-state index in [9.17, 15) is 9.59 Å². The standard InChI is InChI=1S/C20H23N7O2/c21-10-13-1-2-14(9-13)20(29)27-7-5-26(6-8-27)17-12-24-19-18(25-17)15(11-23-19)3-4-16(22)28/h3-4,11-14H,1-2,5-9H2,(H2,22,28)(H,23,24)/t13-,14-/m1/s1. The number of aromatic nitrogens is 3. The van der Waals surface area contributed by atoms with Crippen LogP contribution in [0.4, 0.5) is 5.82 Å². The van der Waals surface area contributed by atoms with E-state index >= 15 is 0 Å². The van der Waals surface area contributed by atoms with Crippen LogP contribution in [0, 0.1) is 23.2 Å². The molecule has 1 aliphatic carbocycles. The molecule has 2 aromatic heterocycles. The van der Waals surface area contributed by atoms with Gasteiger partial charge < -0.3 is 20.5 Å². The van der Waals surface area contributed by atoms with E-state index in [0.717, 1.165) is 24.2 Å². The van der Waals surface area contributed by atoms with E-state index in [-0.39, 0.29) is 17.7 Å². The molecule has 2 amide bonds. The molecule has 0 unspecified atom stereocenters. The number of nitrogens with zero attached hydrogens (tertiary/aromatic N) is 5. The Bertz CT molecular complexity index is 998. The second-order valence-electron chi connectivity index (χ2n) is 7.55. The van der Waals surface area contributed by atoms with E-state index in [2.05, 4.69) is 20.9 Å². The average molecular weight is 393 g/mol. The third-order valence-electron chi connectivity index (χ3n) is 5.70. The van der Waals surface area contributed by atoms with Crippen LogP contribution in [0.5, 0.6) is 0 Å². The zero-order chi connectivity index (χ0) is 20.4. The highest BCUT2D eigenvalue weighted by Gasteiger charge is 2.34. The van der Waals surface area contributed by atoms with Crippen molar-refractivity contribution in [3.05, 3.63) is 24.0 Å². The summed E-state index contributed by atoms with van der Waals surface area (Å²) in [5.74, 6) is 0.401. The summed E-state index contributed by atoms with van der Waals surface area (Å²) < 4.78 is 0. The Morgan fingerprint density at radius 1 is 1.28 bits per heavy atom. The van der Waals surface area contributed by atoms with Crippen LogP contribution < -0.4 is 10.6 Å². The highest BCUT2D eigenvalue weighted by Crippen LogP contribution is 2.32. The van der Waals surface area contributed by atoms with E-state index < -0.39 is 5.91 Å². The lowest BCUT2D eigenvalue weighted by Gasteiger charge is -2.36. The Balaban J connectivity index is 1.42. The van der Waals surface area contributed by atoms with Crippen LogP contribution in [0.2, 0.25) is 0 Å². The predicted octanol–water partition coefficient (Wildman–Crippen LogP) is 1.04. The van der Waals surface area contributed by atoms with Crippen LogP contribution >= 0.6 is 0 Å². The van der Waals surface area contributed by atoms with E-state index in [1.54, 1.807) is 18.5 Å². The van der Waals surface area contributed by atoms with Crippen molar-refractivity contribution in [3.63, 3.8) is 0 Å². The number of anilines is 1. The van der Waals surface area contributed by atoms with Gasteiger partial charge in [-0.15, -0.1) is 0 Å². The zero-order valence-electron chi connectivity index (χ0n) is 16.0. The molecule has 3 heterocycles. The number of aromatic amines is 1. The number of rotatable bonds is 4. The number of piperazine rings is 1. The number of nitriles is 1. The summed E-state index contributed by atoms with van der Waals surface area (Å²) in [4.78, 5) is 39.9. The number of carbonyl (C=O) groups is 2. The van der Waals surface area contributed by atoms with Crippen molar-refractivity contribution < 1.29 is 9.59 Å². The van der Waals surface area contributed by atoms with Gasteiger partial charge in [-0.05, 0) is 25.3 Å². The molecule has 9 nitrogen and oxygen atoms in total. The molecule has 2 aliphatic rings. The van der Waals surface area contributed by atoms with Crippen molar-refractivity contribution in [1.82, 2.24) is 19.9 Å². The Morgan fingerprint density at radius 3 is 2.76 bits per heavy atom. The zero-order valence-corrected chi connectivity index (χ0v) is 16.0. The number of hydrogen-bond donors (Lipinski definition) is 2. The van der Waals surface area contributed by atoms with Gasteiger partial charge in [-0.1, -0.05) is 0 Å². The smallest absolute Gasteiger partial charge is 0.241 e. The minimum Gasteiger partial charge on any atom is -0.366 e. The maximum atomic E-state index is 12.7. The van der Waals surface area contributed by atoms with E-state index in [1.807, 2.05) is 4.90 Å². The minimum atomic E-state index is -0.521. The molecule has 3 N–H and O–H groups in total. The summed E-state index contributed by atoms with van der Waals surface area (Å²) in [6.07, 6.45) is 8.69. The van der Waals surface area contributed by atoms with Gasteiger partial charge in [0.05, 0.1) is 12.3 Å². The Kier molecular flexibility index (Phi) is 5.16. The minimum absolute atomic E-state index is 0.0122. The second kappa shape index (κ2) is 7.91. The number of amides is 2. The van der Waals surface area contributed by atoms with Gasteiger partial charge in [0, 0.05) is 55.9 Å². The normalized spacial score (nSPS) is 22.3. The molecule has 2 fully saturated rings. The molecule has 0 spiro atoms. The Labute approximate surface area is 168 Å². The van der Waals surface area contributed by atoms with Crippen LogP contribution in [-0.4, -0.2) is 57.8 Å². The van der Waals surface area contributed by atoms with E-state index in [4.69, 9.17) is 16.0 Å². The molecular formula is C20H23N7O2. The van der Waals surface area contributed by atoms with E-state index in [0.29, 0.717) is 43.8 Å². The topological polar surface area (TPSA) is 132 Å². The highest BCUT2D eigenvalue weighted by molar-refractivity contribution is 5.93. The lowest BCUT2D eigenvalue weighted by atomic mass is 10.0. The molecule has 1 saturated heterocycles. The van der Waals surface area contributed by atoms with Crippen LogP contribution in [0.25, 0.3) is 17.2 Å². The van der Waals surface area contributed by atoms with E-state index in [1.165, 1.54) is 6.08 Å². The Morgan fingerprint density at radius 2 is 2.07 bits per heavy atom. The maximum Gasteiger partial charge on any atom is 0.241 e. The molecule has 1 saturated carbocycles. The highest BCUT2D eigenvalue weighted by atomic mass is 16.2. The molecule has 0 radical (unpaired) electrons. The molecule has 2 aromatic rings. The first-order valence-corrected chi connectivity index (χ1v) is 9.80. The first-order valence-electron chi connectivity index (χ1n) is 9.80. The fraction of sp³-hybridized carbons (Fsp3) is 0.450. The fourth-order valence-electron chi connectivity index (χ4n) is 4.09. The van der Waals surface area contributed by atoms with Crippen molar-refractivity contribution in [2.45, 2.75) is 19.3 Å². The summed E-state index contributed by atoms with van der Waals surface area (Å²) in [6.45, 7) is 2.62. The number of H-pyrrole nitrogens is 1. The number of primary amides is 1. The van der Waals surface area contributed by atoms with Gasteiger partial charge in [-0.2, -0.15) is 5.26 Å². The van der Waals surface area contributed by atoms with Crippen molar-refractivity contribution in [3.8, 4) is 6.07 Å². The Hall–Kier alpha value is -3.41. The molecular weight excluding hydrogens is 370 g/mol. The quantitative estimate of drug-likeness (QED) is 0.746. The van der Waals surface area contributed by atoms with Crippen molar-refractivity contribution in [2.75, 3.05) is 31.1 Å². The number of nitrogens with one attached hydrogen (secondary N) is 1. The van der Waals surface area contributed by atoms with Gasteiger partial charge in [-0.25, -0.2) is 9.97 Å². The molecule has 4 rings (SSSR count). The molecule has 1 aliphatic heterocycles. The van der Waals surface area contributed by atoms with Crippen LogP contribution in [0.1, 0.15) is 24.8 Å². The molecule has 0 bridgehead atoms. The summed E-state index contributed by atoms with van der Waals surface area (Å²) in [7, 11) is 0. The lowest BCUT2D eigenvalue weighted by Crippen LogP contribution is -2.50.